The molecule has 0 amide bonds. The largest absolute Gasteiger partial charge is 0.419 e. The van der Waals surface area contributed by atoms with Crippen LogP contribution in [0.15, 0.2) is 59.0 Å². The first-order valence-electron chi connectivity index (χ1n) is 9.87. The van der Waals surface area contributed by atoms with Gasteiger partial charge in [0.1, 0.15) is 0 Å². The first-order chi connectivity index (χ1) is 13.2. The molecule has 2 aromatic carbocycles. The van der Waals surface area contributed by atoms with E-state index in [0.29, 0.717) is 11.8 Å². The fourth-order valence-electron chi connectivity index (χ4n) is 3.95. The molecule has 1 aromatic heterocycles. The highest BCUT2D eigenvalue weighted by Crippen LogP contribution is 2.29. The maximum Gasteiger partial charge on any atom is 0.247 e. The van der Waals surface area contributed by atoms with Gasteiger partial charge in [-0.05, 0) is 69.8 Å². The summed E-state index contributed by atoms with van der Waals surface area (Å²) in [4.78, 5) is 2.47. The van der Waals surface area contributed by atoms with Gasteiger partial charge < -0.3 is 4.42 Å². The maximum absolute atomic E-state index is 6.00. The van der Waals surface area contributed by atoms with E-state index in [1.165, 1.54) is 30.4 Å². The van der Waals surface area contributed by atoms with Gasteiger partial charge in [0.25, 0.3) is 0 Å². The van der Waals surface area contributed by atoms with E-state index < -0.39 is 0 Å². The SMILES string of the molecule is Cc1cccc(-c2nnc([C@H](C)N3CCC(Cc4ccccc4)CC3)o2)c1. The predicted octanol–water partition coefficient (Wildman–Crippen LogP) is 5.06. The third kappa shape index (κ3) is 4.28. The summed E-state index contributed by atoms with van der Waals surface area (Å²) in [7, 11) is 0. The molecular weight excluding hydrogens is 334 g/mol. The summed E-state index contributed by atoms with van der Waals surface area (Å²) in [6.07, 6.45) is 3.62. The second-order valence-corrected chi connectivity index (χ2v) is 7.66. The molecule has 0 unspecified atom stereocenters. The van der Waals surface area contributed by atoms with Crippen molar-refractivity contribution in [3.8, 4) is 11.5 Å². The van der Waals surface area contributed by atoms with Gasteiger partial charge >= 0.3 is 0 Å². The third-order valence-corrected chi connectivity index (χ3v) is 5.63. The minimum Gasteiger partial charge on any atom is -0.419 e. The quantitative estimate of drug-likeness (QED) is 0.637. The van der Waals surface area contributed by atoms with E-state index in [2.05, 4.69) is 71.4 Å². The summed E-state index contributed by atoms with van der Waals surface area (Å²) in [6, 6.07) is 19.2. The lowest BCUT2D eigenvalue weighted by atomic mass is 9.89. The molecule has 0 spiro atoms. The number of hydrogen-bond donors (Lipinski definition) is 0. The van der Waals surface area contributed by atoms with Crippen LogP contribution in [0.2, 0.25) is 0 Å². The van der Waals surface area contributed by atoms with Crippen molar-refractivity contribution in [3.63, 3.8) is 0 Å². The summed E-state index contributed by atoms with van der Waals surface area (Å²) in [6.45, 7) is 6.41. The molecule has 4 rings (SSSR count). The van der Waals surface area contributed by atoms with Crippen molar-refractivity contribution < 1.29 is 4.42 Å². The molecule has 0 bridgehead atoms. The van der Waals surface area contributed by atoms with E-state index in [9.17, 15) is 0 Å². The Bertz CT molecular complexity index is 866. The molecule has 1 atom stereocenters. The van der Waals surface area contributed by atoms with E-state index in [4.69, 9.17) is 4.42 Å². The molecule has 1 aliphatic rings. The van der Waals surface area contributed by atoms with E-state index in [1.54, 1.807) is 0 Å². The van der Waals surface area contributed by atoms with Gasteiger partial charge in [0.15, 0.2) is 0 Å². The molecule has 3 aromatic rings. The zero-order valence-electron chi connectivity index (χ0n) is 16.1. The van der Waals surface area contributed by atoms with E-state index in [1.807, 2.05) is 12.1 Å². The van der Waals surface area contributed by atoms with Crippen LogP contribution in [0.25, 0.3) is 11.5 Å². The van der Waals surface area contributed by atoms with Gasteiger partial charge in [-0.1, -0.05) is 48.0 Å². The van der Waals surface area contributed by atoms with E-state index in [-0.39, 0.29) is 6.04 Å². The van der Waals surface area contributed by atoms with Gasteiger partial charge in [0.2, 0.25) is 11.8 Å². The first kappa shape index (κ1) is 17.9. The molecule has 1 fully saturated rings. The van der Waals surface area contributed by atoms with Crippen LogP contribution in [0.4, 0.5) is 0 Å². The van der Waals surface area contributed by atoms with Crippen LogP contribution in [0.3, 0.4) is 0 Å². The monoisotopic (exact) mass is 361 g/mol. The van der Waals surface area contributed by atoms with Gasteiger partial charge in [0.05, 0.1) is 6.04 Å². The topological polar surface area (TPSA) is 42.2 Å². The molecule has 1 saturated heterocycles. The number of hydrogen-bond acceptors (Lipinski definition) is 4. The minimum atomic E-state index is 0.161. The average Bonchev–Trinajstić information content (AvgIpc) is 3.19. The molecule has 1 aliphatic heterocycles. The Kier molecular flexibility index (Phi) is 5.35. The molecule has 27 heavy (non-hydrogen) atoms. The van der Waals surface area contributed by atoms with Crippen molar-refractivity contribution in [2.24, 2.45) is 5.92 Å². The second kappa shape index (κ2) is 8.05. The molecule has 4 nitrogen and oxygen atoms in total. The Morgan fingerprint density at radius 1 is 1.04 bits per heavy atom. The Morgan fingerprint density at radius 3 is 2.56 bits per heavy atom. The van der Waals surface area contributed by atoms with Crippen molar-refractivity contribution in [3.05, 3.63) is 71.6 Å². The van der Waals surface area contributed by atoms with Gasteiger partial charge in [0, 0.05) is 5.56 Å². The van der Waals surface area contributed by atoms with Crippen molar-refractivity contribution in [1.82, 2.24) is 15.1 Å². The lowest BCUT2D eigenvalue weighted by Gasteiger charge is -2.34. The van der Waals surface area contributed by atoms with E-state index in [0.717, 1.165) is 24.6 Å². The van der Waals surface area contributed by atoms with Crippen LogP contribution in [-0.2, 0) is 6.42 Å². The van der Waals surface area contributed by atoms with Crippen molar-refractivity contribution in [2.45, 2.75) is 39.2 Å². The highest BCUT2D eigenvalue weighted by Gasteiger charge is 2.26. The number of likely N-dealkylation sites (tertiary alicyclic amines) is 1. The molecule has 0 N–H and O–H groups in total. The second-order valence-electron chi connectivity index (χ2n) is 7.66. The zero-order chi connectivity index (χ0) is 18.6. The van der Waals surface area contributed by atoms with Crippen molar-refractivity contribution in [1.29, 1.82) is 0 Å². The van der Waals surface area contributed by atoms with Crippen LogP contribution < -0.4 is 0 Å². The molecule has 0 aliphatic carbocycles. The maximum atomic E-state index is 6.00. The van der Waals surface area contributed by atoms with Crippen molar-refractivity contribution in [2.75, 3.05) is 13.1 Å². The van der Waals surface area contributed by atoms with Crippen molar-refractivity contribution >= 4 is 0 Å². The summed E-state index contributed by atoms with van der Waals surface area (Å²) in [5.74, 6) is 2.09. The smallest absolute Gasteiger partial charge is 0.247 e. The molecule has 4 heteroatoms. The molecule has 0 saturated carbocycles. The van der Waals surface area contributed by atoms with Crippen LogP contribution in [0.1, 0.15) is 42.8 Å². The molecule has 0 radical (unpaired) electrons. The lowest BCUT2D eigenvalue weighted by Crippen LogP contribution is -2.36. The number of aryl methyl sites for hydroxylation is 1. The molecule has 2 heterocycles. The Morgan fingerprint density at radius 2 is 1.81 bits per heavy atom. The van der Waals surface area contributed by atoms with Gasteiger partial charge in [-0.2, -0.15) is 0 Å². The van der Waals surface area contributed by atoms with Crippen LogP contribution in [-0.4, -0.2) is 28.2 Å². The van der Waals surface area contributed by atoms with E-state index >= 15 is 0 Å². The van der Waals surface area contributed by atoms with Gasteiger partial charge in [-0.3, -0.25) is 4.90 Å². The average molecular weight is 361 g/mol. The molecule has 140 valence electrons. The summed E-state index contributed by atoms with van der Waals surface area (Å²) in [5, 5.41) is 8.60. The lowest BCUT2D eigenvalue weighted by molar-refractivity contribution is 0.125. The number of piperidine rings is 1. The predicted molar refractivity (Wildman–Crippen MR) is 107 cm³/mol. The summed E-state index contributed by atoms with van der Waals surface area (Å²) >= 11 is 0. The van der Waals surface area contributed by atoms with Crippen LogP contribution in [0, 0.1) is 12.8 Å². The number of benzene rings is 2. The fraction of sp³-hybridized carbons (Fsp3) is 0.391. The third-order valence-electron chi connectivity index (χ3n) is 5.63. The van der Waals surface area contributed by atoms with Gasteiger partial charge in [-0.15, -0.1) is 10.2 Å². The van der Waals surface area contributed by atoms with Crippen LogP contribution >= 0.6 is 0 Å². The van der Waals surface area contributed by atoms with Gasteiger partial charge in [-0.25, -0.2) is 0 Å². The standard InChI is InChI=1S/C23H27N3O/c1-17-7-6-10-21(15-17)23-25-24-22(27-23)18(2)26-13-11-20(12-14-26)16-19-8-4-3-5-9-19/h3-10,15,18,20H,11-14,16H2,1-2H3/t18-/m0/s1. The normalized spacial score (nSPS) is 17.1. The first-order valence-corrected chi connectivity index (χ1v) is 9.87. The fourth-order valence-corrected chi connectivity index (χ4v) is 3.95. The molecular formula is C23H27N3O. The highest BCUT2D eigenvalue weighted by atomic mass is 16.4. The van der Waals surface area contributed by atoms with Crippen LogP contribution in [0.5, 0.6) is 0 Å². The Labute approximate surface area is 161 Å². The summed E-state index contributed by atoms with van der Waals surface area (Å²) in [5.41, 5.74) is 3.63. The minimum absolute atomic E-state index is 0.161. The number of rotatable bonds is 5. The Hall–Kier alpha value is -2.46. The summed E-state index contributed by atoms with van der Waals surface area (Å²) < 4.78 is 6.00. The zero-order valence-corrected chi connectivity index (χ0v) is 16.1. The number of aromatic nitrogens is 2. The Balaban J connectivity index is 1.36. The highest BCUT2D eigenvalue weighted by molar-refractivity contribution is 5.53. The number of nitrogens with zero attached hydrogens (tertiary/aromatic N) is 3.